The summed E-state index contributed by atoms with van der Waals surface area (Å²) in [5, 5.41) is 59.8. The molecule has 46 heavy (non-hydrogen) atoms. The van der Waals surface area contributed by atoms with E-state index in [0.29, 0.717) is 30.9 Å². The van der Waals surface area contributed by atoms with Crippen molar-refractivity contribution in [1.29, 1.82) is 0 Å². The molecule has 1 aliphatic heterocycles. The molecule has 18 nitrogen and oxygen atoms in total. The van der Waals surface area contributed by atoms with Gasteiger partial charge in [0.25, 0.3) is 0 Å². The second kappa shape index (κ2) is 22.8. The molecule has 1 fully saturated rings. The number of nitrogens with one attached hydrogen (secondary N) is 1. The van der Waals surface area contributed by atoms with Crippen molar-refractivity contribution in [3.8, 4) is 0 Å². The van der Waals surface area contributed by atoms with Gasteiger partial charge in [-0.1, -0.05) is 6.92 Å². The van der Waals surface area contributed by atoms with Gasteiger partial charge in [0.05, 0.1) is 38.8 Å². The van der Waals surface area contributed by atoms with Crippen LogP contribution in [0.4, 0.5) is 0 Å². The first-order chi connectivity index (χ1) is 21.8. The number of hydrogen-bond acceptors (Lipinski definition) is 14. The van der Waals surface area contributed by atoms with Gasteiger partial charge in [0, 0.05) is 52.2 Å². The Morgan fingerprint density at radius 2 is 1.26 bits per heavy atom. The number of carboxylic acids is 4. The number of carboxylic acid groups (broad SMARTS) is 4. The van der Waals surface area contributed by atoms with Gasteiger partial charge in [-0.15, -0.1) is 0 Å². The van der Waals surface area contributed by atoms with Crippen LogP contribution in [0.2, 0.25) is 0 Å². The summed E-state index contributed by atoms with van der Waals surface area (Å²) in [6.45, 7) is 0.136. The molecule has 0 aromatic rings. The molecule has 0 aromatic heterocycles. The van der Waals surface area contributed by atoms with Gasteiger partial charge in [-0.2, -0.15) is 11.8 Å². The molecule has 1 amide bonds. The number of carbonyl (C=O) groups excluding carboxylic acids is 1. The number of aliphatic carboxylic acids is 4. The molecule has 19 heteroatoms. The monoisotopic (exact) mass is 684 g/mol. The van der Waals surface area contributed by atoms with Crippen LogP contribution in [0, 0.1) is 0 Å². The average molecular weight is 685 g/mol. The van der Waals surface area contributed by atoms with E-state index in [1.807, 2.05) is 6.92 Å². The first kappa shape index (κ1) is 41.4. The Morgan fingerprint density at radius 3 is 1.76 bits per heavy atom. The van der Waals surface area contributed by atoms with E-state index in [0.717, 1.165) is 4.90 Å². The fourth-order valence-corrected chi connectivity index (χ4v) is 5.42. The molecule has 1 aliphatic rings. The molecule has 0 aliphatic carbocycles. The number of hydrogen-bond donors (Lipinski definition) is 7. The maximum atomic E-state index is 12.5. The third kappa shape index (κ3) is 17.3. The van der Waals surface area contributed by atoms with Gasteiger partial charge < -0.3 is 50.2 Å². The third-order valence-electron chi connectivity index (χ3n) is 6.86. The summed E-state index contributed by atoms with van der Waals surface area (Å²) in [5.41, 5.74) is 0. The van der Waals surface area contributed by atoms with Gasteiger partial charge in [-0.25, -0.2) is 0 Å². The Hall–Kier alpha value is -2.62. The predicted molar refractivity (Wildman–Crippen MR) is 163 cm³/mol. The van der Waals surface area contributed by atoms with Gasteiger partial charge in [0.1, 0.15) is 18.3 Å². The summed E-state index contributed by atoms with van der Waals surface area (Å²) in [6.07, 6.45) is -3.28. The number of thioether (sulfide) groups is 1. The van der Waals surface area contributed by atoms with Crippen molar-refractivity contribution in [2.24, 2.45) is 0 Å². The minimum atomic E-state index is -1.24. The van der Waals surface area contributed by atoms with Gasteiger partial charge in [0.2, 0.25) is 5.91 Å². The van der Waals surface area contributed by atoms with Crippen LogP contribution in [0.3, 0.4) is 0 Å². The highest BCUT2D eigenvalue weighted by atomic mass is 32.2. The molecule has 0 radical (unpaired) electrons. The van der Waals surface area contributed by atoms with Crippen molar-refractivity contribution >= 4 is 41.5 Å². The Labute approximate surface area is 271 Å². The van der Waals surface area contributed by atoms with Crippen LogP contribution >= 0.6 is 11.8 Å². The minimum Gasteiger partial charge on any atom is -0.480 e. The van der Waals surface area contributed by atoms with E-state index in [-0.39, 0.29) is 39.3 Å². The molecule has 7 N–H and O–H groups in total. The summed E-state index contributed by atoms with van der Waals surface area (Å²) in [4.78, 5) is 61.1. The highest BCUT2D eigenvalue weighted by Gasteiger charge is 2.44. The van der Waals surface area contributed by atoms with Gasteiger partial charge >= 0.3 is 23.9 Å². The van der Waals surface area contributed by atoms with E-state index in [2.05, 4.69) is 5.32 Å². The maximum absolute atomic E-state index is 12.5. The fourth-order valence-electron chi connectivity index (χ4n) is 4.64. The van der Waals surface area contributed by atoms with E-state index in [1.165, 1.54) is 16.9 Å². The summed E-state index contributed by atoms with van der Waals surface area (Å²) in [6, 6.07) is 0. The fraction of sp³-hybridized carbons (Fsp3) is 0.815. The molecular formula is C27H48N4O14S. The molecule has 266 valence electrons. The smallest absolute Gasteiger partial charge is 0.317 e. The van der Waals surface area contributed by atoms with Crippen LogP contribution < -0.4 is 5.32 Å². The molecule has 2 unspecified atom stereocenters. The molecule has 1 rings (SSSR count). The van der Waals surface area contributed by atoms with E-state index >= 15 is 0 Å². The van der Waals surface area contributed by atoms with Crippen molar-refractivity contribution in [3.05, 3.63) is 0 Å². The van der Waals surface area contributed by atoms with Crippen molar-refractivity contribution in [2.45, 2.75) is 50.5 Å². The van der Waals surface area contributed by atoms with Crippen molar-refractivity contribution < 1.29 is 68.8 Å². The normalized spacial score (nSPS) is 21.5. The average Bonchev–Trinajstić information content (AvgIpc) is 2.96. The zero-order valence-corrected chi connectivity index (χ0v) is 27.0. The lowest BCUT2D eigenvalue weighted by molar-refractivity contribution is -0.299. The van der Waals surface area contributed by atoms with E-state index in [1.54, 1.807) is 11.8 Å². The van der Waals surface area contributed by atoms with Crippen LogP contribution in [-0.2, 0) is 38.2 Å². The van der Waals surface area contributed by atoms with E-state index < -0.39 is 86.7 Å². The van der Waals surface area contributed by atoms with Crippen molar-refractivity contribution in [2.75, 3.05) is 90.7 Å². The molecule has 0 spiro atoms. The summed E-state index contributed by atoms with van der Waals surface area (Å²) in [7, 11) is 1.43. The number of ether oxygens (including phenoxy) is 3. The number of methoxy groups -OCH3 is 1. The van der Waals surface area contributed by atoms with Gasteiger partial charge in [0.15, 0.2) is 6.29 Å². The van der Waals surface area contributed by atoms with Crippen molar-refractivity contribution in [1.82, 2.24) is 20.0 Å². The second-order valence-electron chi connectivity index (χ2n) is 10.6. The maximum Gasteiger partial charge on any atom is 0.317 e. The second-order valence-corrected chi connectivity index (χ2v) is 11.8. The van der Waals surface area contributed by atoms with Crippen LogP contribution in [0.5, 0.6) is 0 Å². The standard InChI is InChI=1S/C27H48N4O14S/c1-3-18-24(41)25(42)26(27(43-2)45-18)44-10-4-11-46-12-5-28-19(32)13-30(15-21(35)36)8-6-29(14-20(33)34)7-9-31(16-22(37)38)17-23(39)40/h18,24-27,41-42H,3-17H2,1-2H3,(H,28,32)(H,33,34)(H,35,36)(H,37,38)(H,39,40)/t18?,24-,25+,26?,27+/m1/s1. The SMILES string of the molecule is CCC1O[C@H](OC)C(OCCCSCCNC(=O)CN(CCN(CCN(CC(=O)O)CC(=O)O)CC(=O)O)CC(=O)O)[C@@H](O)[C@@H]1O. The van der Waals surface area contributed by atoms with Crippen molar-refractivity contribution in [3.63, 3.8) is 0 Å². The van der Waals surface area contributed by atoms with Crippen LogP contribution in [0.25, 0.3) is 0 Å². The summed E-state index contributed by atoms with van der Waals surface area (Å²) in [5.74, 6) is -4.03. The number of carbonyl (C=O) groups is 5. The molecule has 0 aromatic carbocycles. The topological polar surface area (TPSA) is 256 Å². The van der Waals surface area contributed by atoms with E-state index in [9.17, 15) is 44.4 Å². The highest BCUT2D eigenvalue weighted by molar-refractivity contribution is 7.99. The predicted octanol–water partition coefficient (Wildman–Crippen LogP) is -2.64. The highest BCUT2D eigenvalue weighted by Crippen LogP contribution is 2.25. The van der Waals surface area contributed by atoms with E-state index in [4.69, 9.17) is 24.4 Å². The lowest BCUT2D eigenvalue weighted by atomic mass is 9.97. The molecule has 1 saturated heterocycles. The van der Waals surface area contributed by atoms with Gasteiger partial charge in [-0.3, -0.25) is 38.7 Å². The quantitative estimate of drug-likeness (QED) is 0.0460. The molecule has 0 saturated carbocycles. The first-order valence-corrected chi connectivity index (χ1v) is 16.0. The lowest BCUT2D eigenvalue weighted by Crippen LogP contribution is -2.58. The molecule has 1 heterocycles. The number of amides is 1. The lowest BCUT2D eigenvalue weighted by Gasteiger charge is -2.41. The van der Waals surface area contributed by atoms with Crippen LogP contribution in [-0.4, -0.2) is 196 Å². The molecular weight excluding hydrogens is 636 g/mol. The Kier molecular flexibility index (Phi) is 20.5. The van der Waals surface area contributed by atoms with Crippen LogP contribution in [0.1, 0.15) is 19.8 Å². The zero-order chi connectivity index (χ0) is 34.6. The summed E-state index contributed by atoms with van der Waals surface area (Å²) < 4.78 is 16.6. The third-order valence-corrected chi connectivity index (χ3v) is 7.93. The largest absolute Gasteiger partial charge is 0.480 e. The number of rotatable bonds is 26. The zero-order valence-electron chi connectivity index (χ0n) is 26.2. The molecule has 5 atom stereocenters. The van der Waals surface area contributed by atoms with Crippen LogP contribution in [0.15, 0.2) is 0 Å². The Bertz CT molecular complexity index is 945. The number of aliphatic hydroxyl groups is 2. The number of aliphatic hydroxyl groups excluding tert-OH is 2. The van der Waals surface area contributed by atoms with Gasteiger partial charge in [-0.05, 0) is 18.6 Å². The minimum absolute atomic E-state index is 0.00544. The first-order valence-electron chi connectivity index (χ1n) is 14.8. The number of nitrogens with zero attached hydrogens (tertiary/aromatic N) is 3. The molecule has 0 bridgehead atoms. The Balaban J connectivity index is 2.44. The Morgan fingerprint density at radius 1 is 0.761 bits per heavy atom. The summed E-state index contributed by atoms with van der Waals surface area (Å²) >= 11 is 1.54.